The number of carbonyl (C=O) groups is 1. The number of amides is 1. The van der Waals surface area contributed by atoms with Gasteiger partial charge in [-0.25, -0.2) is 0 Å². The Morgan fingerprint density at radius 3 is 2.94 bits per heavy atom. The standard InChI is InChI=1S/C13H11N3OS/c14-8-3-4-10-11(6-8)18-12(13(17)16-10)7-9-2-1-5-15-9/h1-7,15H,14H2,(H,16,17). The van der Waals surface area contributed by atoms with E-state index < -0.39 is 0 Å². The zero-order valence-electron chi connectivity index (χ0n) is 9.44. The Labute approximate surface area is 108 Å². The molecule has 0 radical (unpaired) electrons. The van der Waals surface area contributed by atoms with E-state index >= 15 is 0 Å². The molecule has 0 saturated carbocycles. The van der Waals surface area contributed by atoms with Gasteiger partial charge in [-0.2, -0.15) is 0 Å². The van der Waals surface area contributed by atoms with Crippen LogP contribution in [0.15, 0.2) is 46.3 Å². The molecular weight excluding hydrogens is 246 g/mol. The van der Waals surface area contributed by atoms with Crippen LogP contribution in [0.2, 0.25) is 0 Å². The van der Waals surface area contributed by atoms with Crippen LogP contribution in [-0.4, -0.2) is 10.9 Å². The number of nitrogens with two attached hydrogens (primary N) is 1. The first kappa shape index (κ1) is 11.0. The molecule has 18 heavy (non-hydrogen) atoms. The molecule has 1 aliphatic rings. The summed E-state index contributed by atoms with van der Waals surface area (Å²) < 4.78 is 0. The molecule has 1 amide bonds. The molecule has 1 aliphatic heterocycles. The molecule has 3 rings (SSSR count). The lowest BCUT2D eigenvalue weighted by atomic mass is 10.2. The van der Waals surface area contributed by atoms with E-state index in [0.717, 1.165) is 16.3 Å². The van der Waals surface area contributed by atoms with Gasteiger partial charge in [0.25, 0.3) is 5.91 Å². The van der Waals surface area contributed by atoms with Gasteiger partial charge in [-0.3, -0.25) is 4.79 Å². The molecule has 4 nitrogen and oxygen atoms in total. The van der Waals surface area contributed by atoms with Gasteiger partial charge >= 0.3 is 0 Å². The van der Waals surface area contributed by atoms with E-state index in [-0.39, 0.29) is 5.91 Å². The fourth-order valence-electron chi connectivity index (χ4n) is 1.75. The van der Waals surface area contributed by atoms with Crippen LogP contribution in [-0.2, 0) is 4.79 Å². The number of fused-ring (bicyclic) bond motifs is 1. The van der Waals surface area contributed by atoms with Crippen LogP contribution in [0.4, 0.5) is 11.4 Å². The summed E-state index contributed by atoms with van der Waals surface area (Å²) in [7, 11) is 0. The Morgan fingerprint density at radius 1 is 1.28 bits per heavy atom. The van der Waals surface area contributed by atoms with E-state index in [4.69, 9.17) is 5.73 Å². The molecule has 1 aromatic heterocycles. The number of nitrogen functional groups attached to an aromatic ring is 1. The van der Waals surface area contributed by atoms with Crippen LogP contribution in [0.3, 0.4) is 0 Å². The second-order valence-corrected chi connectivity index (χ2v) is 5.03. The van der Waals surface area contributed by atoms with E-state index in [1.807, 2.05) is 36.5 Å². The molecule has 0 saturated heterocycles. The maximum atomic E-state index is 11.9. The number of hydrogen-bond donors (Lipinski definition) is 3. The molecule has 4 N–H and O–H groups in total. The summed E-state index contributed by atoms with van der Waals surface area (Å²) in [6.45, 7) is 0. The minimum absolute atomic E-state index is 0.0909. The lowest BCUT2D eigenvalue weighted by Crippen LogP contribution is -2.17. The molecule has 0 aliphatic carbocycles. The molecule has 1 aromatic carbocycles. The number of aromatic nitrogens is 1. The number of nitrogens with one attached hydrogen (secondary N) is 2. The Bertz CT molecular complexity index is 632. The molecule has 90 valence electrons. The number of H-pyrrole nitrogens is 1. The average molecular weight is 257 g/mol. The van der Waals surface area contributed by atoms with Crippen molar-refractivity contribution in [2.75, 3.05) is 11.1 Å². The van der Waals surface area contributed by atoms with Crippen molar-refractivity contribution in [1.29, 1.82) is 0 Å². The lowest BCUT2D eigenvalue weighted by Gasteiger charge is -2.18. The quantitative estimate of drug-likeness (QED) is 0.543. The zero-order valence-corrected chi connectivity index (χ0v) is 10.3. The van der Waals surface area contributed by atoms with E-state index in [9.17, 15) is 4.79 Å². The summed E-state index contributed by atoms with van der Waals surface area (Å²) >= 11 is 1.43. The van der Waals surface area contributed by atoms with Crippen molar-refractivity contribution in [3.8, 4) is 0 Å². The predicted molar refractivity (Wildman–Crippen MR) is 74.1 cm³/mol. The largest absolute Gasteiger partial charge is 0.399 e. The van der Waals surface area contributed by atoms with Gasteiger partial charge in [-0.15, -0.1) is 0 Å². The fraction of sp³-hybridized carbons (Fsp3) is 0. The highest BCUT2D eigenvalue weighted by atomic mass is 32.2. The van der Waals surface area contributed by atoms with Gasteiger partial charge in [0.15, 0.2) is 0 Å². The van der Waals surface area contributed by atoms with Crippen molar-refractivity contribution in [3.63, 3.8) is 0 Å². The monoisotopic (exact) mass is 257 g/mol. The fourth-order valence-corrected chi connectivity index (χ4v) is 2.74. The van der Waals surface area contributed by atoms with Gasteiger partial charge in [0.1, 0.15) is 0 Å². The highest BCUT2D eigenvalue weighted by molar-refractivity contribution is 8.04. The third kappa shape index (κ3) is 2.00. The number of benzene rings is 1. The Hall–Kier alpha value is -2.14. The van der Waals surface area contributed by atoms with Crippen LogP contribution in [0.1, 0.15) is 5.69 Å². The first-order valence-electron chi connectivity index (χ1n) is 5.46. The zero-order chi connectivity index (χ0) is 12.5. The van der Waals surface area contributed by atoms with Gasteiger partial charge in [0.05, 0.1) is 10.6 Å². The average Bonchev–Trinajstić information content (AvgIpc) is 2.83. The van der Waals surface area contributed by atoms with Crippen molar-refractivity contribution in [2.45, 2.75) is 4.90 Å². The number of rotatable bonds is 1. The normalized spacial score (nSPS) is 16.4. The summed E-state index contributed by atoms with van der Waals surface area (Å²) in [5, 5.41) is 2.85. The second kappa shape index (κ2) is 4.27. The summed E-state index contributed by atoms with van der Waals surface area (Å²) in [5.41, 5.74) is 8.15. The molecule has 0 unspecified atom stereocenters. The van der Waals surface area contributed by atoms with Crippen molar-refractivity contribution in [1.82, 2.24) is 4.98 Å². The van der Waals surface area contributed by atoms with Crippen LogP contribution in [0.5, 0.6) is 0 Å². The Kier molecular flexibility index (Phi) is 2.60. The van der Waals surface area contributed by atoms with Crippen molar-refractivity contribution < 1.29 is 4.79 Å². The smallest absolute Gasteiger partial charge is 0.262 e. The molecule has 2 heterocycles. The van der Waals surface area contributed by atoms with Crippen LogP contribution in [0.25, 0.3) is 6.08 Å². The first-order chi connectivity index (χ1) is 8.72. The van der Waals surface area contributed by atoms with Crippen LogP contribution >= 0.6 is 11.8 Å². The van der Waals surface area contributed by atoms with Crippen LogP contribution in [0, 0.1) is 0 Å². The lowest BCUT2D eigenvalue weighted by molar-refractivity contribution is -0.112. The molecule has 0 atom stereocenters. The van der Waals surface area contributed by atoms with Gasteiger partial charge < -0.3 is 16.0 Å². The third-order valence-corrected chi connectivity index (χ3v) is 3.69. The number of aromatic amines is 1. The van der Waals surface area contributed by atoms with E-state index in [0.29, 0.717) is 10.6 Å². The maximum Gasteiger partial charge on any atom is 0.262 e. The van der Waals surface area contributed by atoms with E-state index in [2.05, 4.69) is 10.3 Å². The molecule has 0 bridgehead atoms. The number of thioether (sulfide) groups is 1. The highest BCUT2D eigenvalue weighted by Crippen LogP contribution is 2.39. The van der Waals surface area contributed by atoms with Gasteiger partial charge in [0.2, 0.25) is 0 Å². The third-order valence-electron chi connectivity index (χ3n) is 2.61. The second-order valence-electron chi connectivity index (χ2n) is 3.95. The molecule has 0 spiro atoms. The first-order valence-corrected chi connectivity index (χ1v) is 6.28. The minimum Gasteiger partial charge on any atom is -0.399 e. The number of hydrogen-bond acceptors (Lipinski definition) is 3. The van der Waals surface area contributed by atoms with Gasteiger partial charge in [-0.1, -0.05) is 11.8 Å². The number of anilines is 2. The van der Waals surface area contributed by atoms with Gasteiger partial charge in [0, 0.05) is 22.5 Å². The van der Waals surface area contributed by atoms with E-state index in [1.54, 1.807) is 6.07 Å². The summed E-state index contributed by atoms with van der Waals surface area (Å²) in [5.74, 6) is -0.0909. The Balaban J connectivity index is 1.98. The van der Waals surface area contributed by atoms with Gasteiger partial charge in [-0.05, 0) is 36.4 Å². The summed E-state index contributed by atoms with van der Waals surface area (Å²) in [6.07, 6.45) is 3.65. The number of carbonyl (C=O) groups excluding carboxylic acids is 1. The molecule has 5 heteroatoms. The highest BCUT2D eigenvalue weighted by Gasteiger charge is 2.21. The molecule has 0 fully saturated rings. The maximum absolute atomic E-state index is 11.9. The topological polar surface area (TPSA) is 70.9 Å². The van der Waals surface area contributed by atoms with Crippen LogP contribution < -0.4 is 11.1 Å². The Morgan fingerprint density at radius 2 is 2.17 bits per heavy atom. The molecular formula is C13H11N3OS. The summed E-state index contributed by atoms with van der Waals surface area (Å²) in [4.78, 5) is 16.6. The predicted octanol–water partition coefficient (Wildman–Crippen LogP) is 2.68. The summed E-state index contributed by atoms with van der Waals surface area (Å²) in [6, 6.07) is 9.27. The minimum atomic E-state index is -0.0909. The van der Waals surface area contributed by atoms with Crippen molar-refractivity contribution >= 4 is 35.1 Å². The molecule has 2 aromatic rings. The SMILES string of the molecule is Nc1ccc2c(c1)SC(=Cc1ccc[nH]1)C(=O)N2. The van der Waals surface area contributed by atoms with Crippen molar-refractivity contribution in [3.05, 3.63) is 47.1 Å². The van der Waals surface area contributed by atoms with Crippen molar-refractivity contribution in [2.24, 2.45) is 0 Å². The van der Waals surface area contributed by atoms with E-state index in [1.165, 1.54) is 11.8 Å².